The standard InChI is InChI=1S/C25H28N4O3S.C13H16BrNO2S.C9H10BrN/c1-17-6-7-19(14-22(17)24-8-9-25(32-2)28-27-24)26-23-5-3-4-18-15-29(12-10-21(18)23)20-11-13-33(30,31)16-20;14-13-3-1-2-10-8-15(6-4-12(10)13)11-5-7-18(16,17)9-11;10-9-3-1-2-7-6-11-5-4-8(7)9/h3-9,14,20,26H,10-13,15-16H2,1-2H3;1-3,11H,4-9H2;1-3,11H,4-6H2. The Hall–Kier alpha value is -3.70. The summed E-state index contributed by atoms with van der Waals surface area (Å²) in [4.78, 5) is 4.67. The van der Waals surface area contributed by atoms with Crippen molar-refractivity contribution in [3.8, 4) is 17.1 Å². The van der Waals surface area contributed by atoms with Crippen molar-refractivity contribution in [3.05, 3.63) is 133 Å². The minimum Gasteiger partial charge on any atom is -0.480 e. The quantitative estimate of drug-likeness (QED) is 0.173. The van der Waals surface area contributed by atoms with E-state index in [1.807, 2.05) is 12.1 Å². The Kier molecular flexibility index (Phi) is 14.2. The highest BCUT2D eigenvalue weighted by Gasteiger charge is 2.35. The molecule has 0 aliphatic carbocycles. The van der Waals surface area contributed by atoms with Crippen LogP contribution in [-0.2, 0) is 58.6 Å². The Labute approximate surface area is 383 Å². The molecule has 5 aliphatic rings. The summed E-state index contributed by atoms with van der Waals surface area (Å²) in [6.07, 6.45) is 4.60. The Bertz CT molecular complexity index is 2630. The Morgan fingerprint density at radius 3 is 1.89 bits per heavy atom. The molecule has 0 amide bonds. The molecule has 2 saturated heterocycles. The van der Waals surface area contributed by atoms with Crippen LogP contribution in [0.5, 0.6) is 5.88 Å². The third-order valence-electron chi connectivity index (χ3n) is 12.7. The number of fused-ring (bicyclic) bond motifs is 3. The van der Waals surface area contributed by atoms with Crippen molar-refractivity contribution < 1.29 is 21.6 Å². The number of ether oxygens (including phenoxy) is 1. The average molecular weight is 1010 g/mol. The number of aryl methyl sites for hydroxylation is 1. The number of rotatable bonds is 6. The predicted octanol–water partition coefficient (Wildman–Crippen LogP) is 7.84. The van der Waals surface area contributed by atoms with Crippen LogP contribution in [0.1, 0.15) is 51.8 Å². The number of nitrogens with zero attached hydrogens (tertiary/aromatic N) is 4. The van der Waals surface area contributed by atoms with E-state index in [4.69, 9.17) is 4.74 Å². The summed E-state index contributed by atoms with van der Waals surface area (Å²) < 4.78 is 54.5. The topological polar surface area (TPSA) is 134 Å². The van der Waals surface area contributed by atoms with Crippen molar-refractivity contribution in [2.24, 2.45) is 0 Å². The van der Waals surface area contributed by atoms with Gasteiger partial charge in [-0.05, 0) is 121 Å². The first-order valence-electron chi connectivity index (χ1n) is 21.3. The van der Waals surface area contributed by atoms with E-state index in [0.717, 1.165) is 99.6 Å². The minimum atomic E-state index is -2.88. The van der Waals surface area contributed by atoms with Crippen LogP contribution < -0.4 is 15.4 Å². The molecule has 0 saturated carbocycles. The predicted molar refractivity (Wildman–Crippen MR) is 255 cm³/mol. The number of halogens is 2. The summed E-state index contributed by atoms with van der Waals surface area (Å²) >= 11 is 7.14. The monoisotopic (exact) mass is 1000 g/mol. The molecule has 328 valence electrons. The third kappa shape index (κ3) is 10.8. The molecular formula is C47H54Br2N6O5S2. The van der Waals surface area contributed by atoms with E-state index in [9.17, 15) is 16.8 Å². The highest BCUT2D eigenvalue weighted by Crippen LogP contribution is 2.34. The molecular weight excluding hydrogens is 952 g/mol. The molecule has 2 N–H and O–H groups in total. The highest BCUT2D eigenvalue weighted by atomic mass is 79.9. The molecule has 2 fully saturated rings. The van der Waals surface area contributed by atoms with Gasteiger partial charge in [-0.1, -0.05) is 74.3 Å². The van der Waals surface area contributed by atoms with Gasteiger partial charge in [-0.3, -0.25) is 9.80 Å². The fraction of sp³-hybridized carbons (Fsp3) is 0.404. The smallest absolute Gasteiger partial charge is 0.233 e. The van der Waals surface area contributed by atoms with Gasteiger partial charge < -0.3 is 15.4 Å². The van der Waals surface area contributed by atoms with Crippen LogP contribution in [0, 0.1) is 6.92 Å². The molecule has 0 radical (unpaired) electrons. The summed E-state index contributed by atoms with van der Waals surface area (Å²) in [6.45, 7) is 7.72. The lowest BCUT2D eigenvalue weighted by atomic mass is 9.96. The first-order valence-corrected chi connectivity index (χ1v) is 26.6. The largest absolute Gasteiger partial charge is 0.480 e. The van der Waals surface area contributed by atoms with Crippen LogP contribution in [-0.4, -0.2) is 98.7 Å². The number of aromatic nitrogens is 2. The zero-order valence-electron chi connectivity index (χ0n) is 35.2. The van der Waals surface area contributed by atoms with Gasteiger partial charge in [0.05, 0.1) is 35.8 Å². The van der Waals surface area contributed by atoms with Crippen LogP contribution in [0.15, 0.2) is 93.9 Å². The van der Waals surface area contributed by atoms with E-state index >= 15 is 0 Å². The fourth-order valence-electron chi connectivity index (χ4n) is 9.27. The van der Waals surface area contributed by atoms with Crippen LogP contribution in [0.4, 0.5) is 11.4 Å². The van der Waals surface area contributed by atoms with Gasteiger partial charge in [0.1, 0.15) is 0 Å². The second-order valence-corrected chi connectivity index (χ2v) is 23.0. The molecule has 15 heteroatoms. The summed E-state index contributed by atoms with van der Waals surface area (Å²) in [5, 5.41) is 15.4. The number of benzene rings is 4. The van der Waals surface area contributed by atoms with E-state index in [1.165, 1.54) is 42.3 Å². The number of anilines is 2. The maximum absolute atomic E-state index is 11.9. The number of nitrogens with one attached hydrogen (secondary N) is 2. The van der Waals surface area contributed by atoms with Crippen molar-refractivity contribution >= 4 is 62.9 Å². The molecule has 5 aliphatic heterocycles. The van der Waals surface area contributed by atoms with Gasteiger partial charge in [-0.15, -0.1) is 10.2 Å². The summed E-state index contributed by atoms with van der Waals surface area (Å²) in [5.41, 5.74) is 13.2. The minimum absolute atomic E-state index is 0.144. The second kappa shape index (κ2) is 19.6. The van der Waals surface area contributed by atoms with Crippen LogP contribution in [0.3, 0.4) is 0 Å². The molecule has 1 aromatic heterocycles. The molecule has 2 atom stereocenters. The zero-order chi connectivity index (χ0) is 43.4. The third-order valence-corrected chi connectivity index (χ3v) is 17.7. The van der Waals surface area contributed by atoms with Gasteiger partial charge >= 0.3 is 0 Å². The maximum Gasteiger partial charge on any atom is 0.233 e. The molecule has 4 aromatic carbocycles. The normalized spacial score (nSPS) is 21.2. The highest BCUT2D eigenvalue weighted by molar-refractivity contribution is 9.10. The number of hydrogen-bond acceptors (Lipinski definition) is 11. The lowest BCUT2D eigenvalue weighted by Gasteiger charge is -2.34. The van der Waals surface area contributed by atoms with Gasteiger partial charge in [-0.2, -0.15) is 0 Å². The Balaban J connectivity index is 0.000000151. The van der Waals surface area contributed by atoms with Gasteiger partial charge in [0.2, 0.25) is 5.88 Å². The number of hydrogen-bond donors (Lipinski definition) is 2. The van der Waals surface area contributed by atoms with Crippen molar-refractivity contribution in [3.63, 3.8) is 0 Å². The summed E-state index contributed by atoms with van der Waals surface area (Å²) in [5.74, 6) is 1.80. The van der Waals surface area contributed by atoms with Gasteiger partial charge in [0.15, 0.2) is 19.7 Å². The molecule has 6 heterocycles. The number of sulfone groups is 2. The lowest BCUT2D eigenvalue weighted by molar-refractivity contribution is 0.194. The molecule has 11 nitrogen and oxygen atoms in total. The summed E-state index contributed by atoms with van der Waals surface area (Å²) in [6, 6.07) is 29.4. The van der Waals surface area contributed by atoms with Gasteiger partial charge in [0, 0.05) is 76.8 Å². The van der Waals surface area contributed by atoms with Crippen molar-refractivity contribution in [2.75, 3.05) is 55.1 Å². The molecule has 0 bridgehead atoms. The molecule has 2 unspecified atom stereocenters. The lowest BCUT2D eigenvalue weighted by Crippen LogP contribution is -2.40. The summed E-state index contributed by atoms with van der Waals surface area (Å²) in [7, 11) is -4.08. The second-order valence-electron chi connectivity index (χ2n) is 16.8. The van der Waals surface area contributed by atoms with E-state index in [-0.39, 0.29) is 12.1 Å². The van der Waals surface area contributed by atoms with Gasteiger partial charge in [0.25, 0.3) is 0 Å². The Morgan fingerprint density at radius 2 is 1.31 bits per heavy atom. The van der Waals surface area contributed by atoms with E-state index in [2.05, 4.69) is 142 Å². The van der Waals surface area contributed by atoms with E-state index in [1.54, 1.807) is 7.11 Å². The first-order chi connectivity index (χ1) is 29.8. The zero-order valence-corrected chi connectivity index (χ0v) is 40.1. The fourth-order valence-corrected chi connectivity index (χ4v) is 14.0. The van der Waals surface area contributed by atoms with Crippen molar-refractivity contribution in [1.82, 2.24) is 25.3 Å². The Morgan fingerprint density at radius 1 is 0.710 bits per heavy atom. The van der Waals surface area contributed by atoms with E-state index in [0.29, 0.717) is 28.9 Å². The van der Waals surface area contributed by atoms with E-state index < -0.39 is 19.7 Å². The maximum atomic E-state index is 11.9. The molecule has 5 aromatic rings. The molecule has 62 heavy (non-hydrogen) atoms. The SMILES string of the molecule is Brc1cccc2c1CCNC2.COc1ccc(-c2cc(Nc3cccc4c3CCN(C3CCS(=O)(=O)C3)C4)ccc2C)nn1.O=S1(=O)CCC(N2CCc3c(Br)cccc3C2)C1. The molecule has 0 spiro atoms. The van der Waals surface area contributed by atoms with Gasteiger partial charge in [-0.25, -0.2) is 16.8 Å². The first kappa shape index (κ1) is 44.9. The van der Waals surface area contributed by atoms with Crippen molar-refractivity contribution in [2.45, 2.75) is 70.7 Å². The van der Waals surface area contributed by atoms with Crippen LogP contribution in [0.25, 0.3) is 11.3 Å². The average Bonchev–Trinajstić information content (AvgIpc) is 3.85. The van der Waals surface area contributed by atoms with Crippen LogP contribution >= 0.6 is 31.9 Å². The van der Waals surface area contributed by atoms with Crippen LogP contribution in [0.2, 0.25) is 0 Å². The number of methoxy groups -OCH3 is 1. The van der Waals surface area contributed by atoms with Crippen molar-refractivity contribution in [1.29, 1.82) is 0 Å². The molecule has 10 rings (SSSR count).